The van der Waals surface area contributed by atoms with Crippen molar-refractivity contribution in [3.05, 3.63) is 28.0 Å². The maximum absolute atomic E-state index is 12.2. The zero-order valence-electron chi connectivity index (χ0n) is 12.8. The molecule has 1 amide bonds. The molecule has 0 bridgehead atoms. The Hall–Kier alpha value is -2.02. The van der Waals surface area contributed by atoms with E-state index in [9.17, 15) is 4.79 Å². The van der Waals surface area contributed by atoms with Crippen molar-refractivity contribution < 1.29 is 4.79 Å². The molecule has 1 N–H and O–H groups in total. The summed E-state index contributed by atoms with van der Waals surface area (Å²) in [6, 6.07) is 0. The molecule has 1 aliphatic heterocycles. The number of amides is 1. The maximum Gasteiger partial charge on any atom is 0.267 e. The van der Waals surface area contributed by atoms with Crippen molar-refractivity contribution in [2.75, 3.05) is 23.3 Å². The molecule has 22 heavy (non-hydrogen) atoms. The van der Waals surface area contributed by atoms with Gasteiger partial charge >= 0.3 is 0 Å². The molecule has 0 saturated carbocycles. The summed E-state index contributed by atoms with van der Waals surface area (Å²) in [5.74, 6) is 0.583. The van der Waals surface area contributed by atoms with Crippen molar-refractivity contribution in [2.45, 2.75) is 33.1 Å². The number of carbonyl (C=O) groups excluding carboxylic acids is 1. The first-order valence-electron chi connectivity index (χ1n) is 7.46. The number of aromatic nitrogens is 3. The quantitative estimate of drug-likeness (QED) is 0.942. The molecule has 1 saturated heterocycles. The third kappa shape index (κ3) is 3.24. The minimum atomic E-state index is -0.155. The molecule has 2 aromatic heterocycles. The Morgan fingerprint density at radius 1 is 1.18 bits per heavy atom. The number of thiazole rings is 1. The van der Waals surface area contributed by atoms with Gasteiger partial charge in [-0.2, -0.15) is 0 Å². The van der Waals surface area contributed by atoms with Crippen LogP contribution < -0.4 is 10.2 Å². The Morgan fingerprint density at radius 2 is 1.86 bits per heavy atom. The lowest BCUT2D eigenvalue weighted by atomic mass is 10.1. The molecule has 116 valence electrons. The van der Waals surface area contributed by atoms with Crippen molar-refractivity contribution in [2.24, 2.45) is 0 Å². The second kappa shape index (κ2) is 6.39. The van der Waals surface area contributed by atoms with Gasteiger partial charge in [-0.25, -0.2) is 15.0 Å². The first-order chi connectivity index (χ1) is 10.6. The zero-order chi connectivity index (χ0) is 15.5. The Kier molecular flexibility index (Phi) is 4.33. The molecule has 0 aromatic carbocycles. The monoisotopic (exact) mass is 317 g/mol. The Labute approximate surface area is 133 Å². The van der Waals surface area contributed by atoms with Crippen molar-refractivity contribution in [3.63, 3.8) is 0 Å². The summed E-state index contributed by atoms with van der Waals surface area (Å²) in [7, 11) is 0. The first-order valence-corrected chi connectivity index (χ1v) is 8.27. The van der Waals surface area contributed by atoms with Gasteiger partial charge in [-0.3, -0.25) is 4.79 Å². The van der Waals surface area contributed by atoms with Crippen LogP contribution in [0.1, 0.15) is 39.6 Å². The molecule has 0 spiro atoms. The lowest BCUT2D eigenvalue weighted by Crippen LogP contribution is -2.30. The molecule has 0 aliphatic carbocycles. The lowest BCUT2D eigenvalue weighted by Gasteiger charge is -2.26. The molecule has 0 unspecified atom stereocenters. The van der Waals surface area contributed by atoms with E-state index >= 15 is 0 Å². The highest BCUT2D eigenvalue weighted by Crippen LogP contribution is 2.20. The molecule has 7 heteroatoms. The van der Waals surface area contributed by atoms with E-state index in [1.54, 1.807) is 12.4 Å². The van der Waals surface area contributed by atoms with Crippen LogP contribution in [0.2, 0.25) is 0 Å². The van der Waals surface area contributed by atoms with Crippen LogP contribution in [0.3, 0.4) is 0 Å². The predicted octanol–water partition coefficient (Wildman–Crippen LogP) is 2.79. The molecular weight excluding hydrogens is 298 g/mol. The number of carbonyl (C=O) groups is 1. The van der Waals surface area contributed by atoms with Crippen LogP contribution in [0.4, 0.5) is 11.6 Å². The van der Waals surface area contributed by atoms with Gasteiger partial charge in [0, 0.05) is 13.1 Å². The van der Waals surface area contributed by atoms with E-state index < -0.39 is 0 Å². The van der Waals surface area contributed by atoms with Crippen LogP contribution in [0.5, 0.6) is 0 Å². The third-order valence-corrected chi connectivity index (χ3v) is 4.72. The summed E-state index contributed by atoms with van der Waals surface area (Å²) < 4.78 is 0. The average Bonchev–Trinajstić information content (AvgIpc) is 2.88. The smallest absolute Gasteiger partial charge is 0.267 e. The molecule has 3 rings (SSSR count). The van der Waals surface area contributed by atoms with Crippen LogP contribution in [0, 0.1) is 13.8 Å². The van der Waals surface area contributed by atoms with Gasteiger partial charge in [0.05, 0.1) is 28.8 Å². The molecule has 1 fully saturated rings. The van der Waals surface area contributed by atoms with Gasteiger partial charge in [-0.1, -0.05) is 0 Å². The Bertz CT molecular complexity index is 661. The summed E-state index contributed by atoms with van der Waals surface area (Å²) in [4.78, 5) is 28.0. The van der Waals surface area contributed by atoms with Gasteiger partial charge < -0.3 is 10.2 Å². The third-order valence-electron chi connectivity index (χ3n) is 3.64. The zero-order valence-corrected chi connectivity index (χ0v) is 13.6. The second-order valence-corrected chi connectivity index (χ2v) is 6.62. The van der Waals surface area contributed by atoms with Gasteiger partial charge in [0.1, 0.15) is 4.88 Å². The summed E-state index contributed by atoms with van der Waals surface area (Å²) >= 11 is 1.40. The normalized spacial score (nSPS) is 14.9. The van der Waals surface area contributed by atoms with Crippen LogP contribution in [0.15, 0.2) is 12.4 Å². The molecule has 1 aliphatic rings. The number of nitrogens with one attached hydrogen (secondary N) is 1. The van der Waals surface area contributed by atoms with E-state index in [1.807, 2.05) is 13.8 Å². The van der Waals surface area contributed by atoms with E-state index in [-0.39, 0.29) is 5.91 Å². The van der Waals surface area contributed by atoms with Gasteiger partial charge in [0.15, 0.2) is 0 Å². The highest BCUT2D eigenvalue weighted by Gasteiger charge is 2.16. The van der Waals surface area contributed by atoms with Crippen LogP contribution >= 0.6 is 11.3 Å². The number of nitrogens with zero attached hydrogens (tertiary/aromatic N) is 4. The molecule has 2 aromatic rings. The fourth-order valence-corrected chi connectivity index (χ4v) is 3.39. The van der Waals surface area contributed by atoms with E-state index in [0.29, 0.717) is 10.6 Å². The molecular formula is C15H19N5OS. The largest absolute Gasteiger partial charge is 0.341 e. The number of rotatable bonds is 3. The first kappa shape index (κ1) is 14.9. The van der Waals surface area contributed by atoms with E-state index in [0.717, 1.165) is 29.7 Å². The summed E-state index contributed by atoms with van der Waals surface area (Å²) in [6.07, 6.45) is 6.98. The standard InChI is InChI=1S/C15H19N5OS/c1-10-13(22-11(2)18-10)14(21)19-12-8-16-15(17-9-12)20-6-4-3-5-7-20/h8-9H,3-7H2,1-2H3,(H,19,21). The fourth-order valence-electron chi connectivity index (χ4n) is 2.57. The summed E-state index contributed by atoms with van der Waals surface area (Å²) in [6.45, 7) is 5.75. The number of hydrogen-bond donors (Lipinski definition) is 1. The minimum absolute atomic E-state index is 0.155. The van der Waals surface area contributed by atoms with Gasteiger partial charge in [0.2, 0.25) is 5.95 Å². The van der Waals surface area contributed by atoms with Crippen LogP contribution in [0.25, 0.3) is 0 Å². The Balaban J connectivity index is 1.68. The summed E-state index contributed by atoms with van der Waals surface area (Å²) in [5.41, 5.74) is 1.36. The van der Waals surface area contributed by atoms with Crippen molar-refractivity contribution in [1.82, 2.24) is 15.0 Å². The SMILES string of the molecule is Cc1nc(C)c(C(=O)Nc2cnc(N3CCCCC3)nc2)s1. The second-order valence-electron chi connectivity index (χ2n) is 5.42. The van der Waals surface area contributed by atoms with E-state index in [4.69, 9.17) is 0 Å². The van der Waals surface area contributed by atoms with Crippen molar-refractivity contribution in [1.29, 1.82) is 0 Å². The van der Waals surface area contributed by atoms with Gasteiger partial charge in [-0.05, 0) is 33.1 Å². The molecule has 0 atom stereocenters. The van der Waals surface area contributed by atoms with Crippen LogP contribution in [-0.4, -0.2) is 33.9 Å². The summed E-state index contributed by atoms with van der Waals surface area (Å²) in [5, 5.41) is 3.72. The number of hydrogen-bond acceptors (Lipinski definition) is 6. The number of piperidine rings is 1. The molecule has 6 nitrogen and oxygen atoms in total. The number of aryl methyl sites for hydroxylation is 2. The lowest BCUT2D eigenvalue weighted by molar-refractivity contribution is 0.102. The van der Waals surface area contributed by atoms with Gasteiger partial charge in [-0.15, -0.1) is 11.3 Å². The average molecular weight is 317 g/mol. The highest BCUT2D eigenvalue weighted by molar-refractivity contribution is 7.13. The van der Waals surface area contributed by atoms with Crippen LogP contribution in [-0.2, 0) is 0 Å². The fraction of sp³-hybridized carbons (Fsp3) is 0.467. The minimum Gasteiger partial charge on any atom is -0.341 e. The van der Waals surface area contributed by atoms with E-state index in [2.05, 4.69) is 25.2 Å². The Morgan fingerprint density at radius 3 is 2.45 bits per heavy atom. The van der Waals surface area contributed by atoms with Gasteiger partial charge in [0.25, 0.3) is 5.91 Å². The van der Waals surface area contributed by atoms with Crippen molar-refractivity contribution in [3.8, 4) is 0 Å². The molecule has 0 radical (unpaired) electrons. The topological polar surface area (TPSA) is 71.0 Å². The van der Waals surface area contributed by atoms with Crippen molar-refractivity contribution >= 4 is 28.9 Å². The maximum atomic E-state index is 12.2. The van der Waals surface area contributed by atoms with E-state index in [1.165, 1.54) is 30.6 Å². The predicted molar refractivity (Wildman–Crippen MR) is 87.6 cm³/mol. The molecule has 3 heterocycles. The highest BCUT2D eigenvalue weighted by atomic mass is 32.1. The number of anilines is 2.